The molecule has 3 aromatic carbocycles. The van der Waals surface area contributed by atoms with Gasteiger partial charge in [-0.15, -0.1) is 11.3 Å². The first-order chi connectivity index (χ1) is 18.5. The first-order valence-corrected chi connectivity index (χ1v) is 12.9. The molecule has 0 bridgehead atoms. The molecule has 0 aliphatic carbocycles. The molecule has 2 aromatic heterocycles. The van der Waals surface area contributed by atoms with E-state index in [9.17, 15) is 4.79 Å². The van der Waals surface area contributed by atoms with E-state index in [1.165, 1.54) is 11.3 Å². The highest BCUT2D eigenvalue weighted by Crippen LogP contribution is 2.28. The fourth-order valence-electron chi connectivity index (χ4n) is 4.00. The van der Waals surface area contributed by atoms with Crippen molar-refractivity contribution in [1.29, 1.82) is 0 Å². The summed E-state index contributed by atoms with van der Waals surface area (Å²) in [5.74, 6) is 0.765. The summed E-state index contributed by atoms with van der Waals surface area (Å²) in [6.45, 7) is 0.983. The summed E-state index contributed by atoms with van der Waals surface area (Å²) in [5, 5.41) is 9.22. The van der Waals surface area contributed by atoms with Crippen LogP contribution in [0, 0.1) is 0 Å². The number of urea groups is 1. The highest BCUT2D eigenvalue weighted by Gasteiger charge is 2.09. The summed E-state index contributed by atoms with van der Waals surface area (Å²) in [5.41, 5.74) is 16.3. The van der Waals surface area contributed by atoms with E-state index in [2.05, 4.69) is 25.6 Å². The lowest BCUT2D eigenvalue weighted by molar-refractivity contribution is 0.252. The first kappa shape index (κ1) is 24.8. The summed E-state index contributed by atoms with van der Waals surface area (Å²) in [6, 6.07) is 23.2. The van der Waals surface area contributed by atoms with Crippen LogP contribution in [0.15, 0.2) is 89.4 Å². The van der Waals surface area contributed by atoms with Crippen molar-refractivity contribution in [1.82, 2.24) is 15.3 Å². The number of carbonyl (C=O) groups excluding carboxylic acids is 1. The van der Waals surface area contributed by atoms with Crippen LogP contribution in [0.2, 0.25) is 0 Å². The third kappa shape index (κ3) is 6.29. The highest BCUT2D eigenvalue weighted by atomic mass is 32.1. The number of aromatic nitrogens is 2. The highest BCUT2D eigenvalue weighted by molar-refractivity contribution is 7.13. The molecule has 9 nitrogen and oxygen atoms in total. The van der Waals surface area contributed by atoms with E-state index in [0.29, 0.717) is 30.4 Å². The number of aliphatic imine (C=N–C) groups is 1. The van der Waals surface area contributed by atoms with Gasteiger partial charge in [-0.05, 0) is 47.9 Å². The first-order valence-electron chi connectivity index (χ1n) is 12.0. The number of hydrogen-bond donors (Lipinski definition) is 5. The Kier molecular flexibility index (Phi) is 7.51. The van der Waals surface area contributed by atoms with Crippen LogP contribution in [0.4, 0.5) is 15.6 Å². The maximum atomic E-state index is 12.5. The Labute approximate surface area is 223 Å². The fraction of sp³-hybridized carbons (Fsp3) is 0.107. The molecule has 0 fully saturated rings. The van der Waals surface area contributed by atoms with Crippen LogP contribution in [0.1, 0.15) is 11.1 Å². The number of nitrogens with zero attached hydrogens (tertiary/aromatic N) is 2. The number of nitrogens with one attached hydrogen (secondary N) is 3. The molecular formula is C28H27N7O2S. The zero-order chi connectivity index (χ0) is 26.3. The number of anilines is 1. The molecule has 38 heavy (non-hydrogen) atoms. The second-order valence-electron chi connectivity index (χ2n) is 8.56. The molecule has 5 aromatic rings. The molecule has 0 spiro atoms. The molecule has 192 valence electrons. The average Bonchev–Trinajstić information content (AvgIpc) is 3.55. The number of rotatable bonds is 9. The number of amides is 2. The summed E-state index contributed by atoms with van der Waals surface area (Å²) in [4.78, 5) is 24.2. The number of thiazole rings is 1. The average molecular weight is 526 g/mol. The van der Waals surface area contributed by atoms with E-state index in [0.717, 1.165) is 39.0 Å². The van der Waals surface area contributed by atoms with Gasteiger partial charge in [-0.3, -0.25) is 0 Å². The fourth-order valence-corrected chi connectivity index (χ4v) is 4.71. The quantitative estimate of drug-likeness (QED) is 0.134. The third-order valence-corrected chi connectivity index (χ3v) is 6.53. The second-order valence-corrected chi connectivity index (χ2v) is 9.40. The van der Waals surface area contributed by atoms with Crippen molar-refractivity contribution >= 4 is 45.0 Å². The molecule has 0 aliphatic heterocycles. The Morgan fingerprint density at radius 1 is 1.05 bits per heavy atom. The number of ether oxygens (including phenoxy) is 1. The van der Waals surface area contributed by atoms with Crippen molar-refractivity contribution in [2.45, 2.75) is 13.0 Å². The summed E-state index contributed by atoms with van der Waals surface area (Å²) in [7, 11) is 0. The van der Waals surface area contributed by atoms with Crippen molar-refractivity contribution < 1.29 is 9.53 Å². The smallest absolute Gasteiger partial charge is 0.319 e. The number of fused-ring (bicyclic) bond motifs is 1. The van der Waals surface area contributed by atoms with E-state index >= 15 is 0 Å². The van der Waals surface area contributed by atoms with Crippen molar-refractivity contribution in [2.24, 2.45) is 16.5 Å². The minimum Gasteiger partial charge on any atom is -0.489 e. The van der Waals surface area contributed by atoms with Gasteiger partial charge in [-0.25, -0.2) is 9.78 Å². The Morgan fingerprint density at radius 2 is 1.92 bits per heavy atom. The molecule has 5 rings (SSSR count). The van der Waals surface area contributed by atoms with Gasteiger partial charge in [0.1, 0.15) is 12.4 Å². The van der Waals surface area contributed by atoms with E-state index in [1.807, 2.05) is 84.4 Å². The van der Waals surface area contributed by atoms with E-state index in [1.54, 1.807) is 0 Å². The van der Waals surface area contributed by atoms with E-state index in [4.69, 9.17) is 16.2 Å². The van der Waals surface area contributed by atoms with Gasteiger partial charge in [0, 0.05) is 40.3 Å². The standard InChI is InChI=1S/C28H27N7O2S/c29-26(30)35-28-34-25(17-38-28)19-7-4-8-21(13-19)33-27(36)31-12-11-20-15-32-24-10-9-22(14-23(20)24)37-16-18-5-2-1-3-6-18/h1-10,13-15,17,32H,11-12,16H2,(H2,31,33,36)(H4,29,30,34,35). The van der Waals surface area contributed by atoms with Crippen LogP contribution in [-0.2, 0) is 13.0 Å². The molecule has 2 heterocycles. The third-order valence-electron chi connectivity index (χ3n) is 5.80. The largest absolute Gasteiger partial charge is 0.489 e. The molecule has 0 saturated carbocycles. The number of benzene rings is 3. The number of aromatic amines is 1. The van der Waals surface area contributed by atoms with Gasteiger partial charge in [0.15, 0.2) is 5.96 Å². The van der Waals surface area contributed by atoms with Gasteiger partial charge in [0.25, 0.3) is 0 Å². The van der Waals surface area contributed by atoms with E-state index in [-0.39, 0.29) is 12.0 Å². The van der Waals surface area contributed by atoms with Crippen molar-refractivity contribution in [3.8, 4) is 17.0 Å². The summed E-state index contributed by atoms with van der Waals surface area (Å²) in [6.07, 6.45) is 2.64. The van der Waals surface area contributed by atoms with Crippen molar-refractivity contribution in [3.63, 3.8) is 0 Å². The lowest BCUT2D eigenvalue weighted by Crippen LogP contribution is -2.30. The predicted molar refractivity (Wildman–Crippen MR) is 153 cm³/mol. The van der Waals surface area contributed by atoms with Gasteiger partial charge in [-0.1, -0.05) is 42.5 Å². The lowest BCUT2D eigenvalue weighted by atomic mass is 10.1. The van der Waals surface area contributed by atoms with Gasteiger partial charge in [0.05, 0.1) is 5.69 Å². The molecule has 0 radical (unpaired) electrons. The lowest BCUT2D eigenvalue weighted by Gasteiger charge is -2.09. The second kappa shape index (κ2) is 11.5. The summed E-state index contributed by atoms with van der Waals surface area (Å²) < 4.78 is 5.98. The SMILES string of the molecule is NC(N)=Nc1nc(-c2cccc(NC(=O)NCCc3c[nH]c4ccc(OCc5ccccc5)cc34)c2)cs1. The Balaban J connectivity index is 1.16. The number of guanidine groups is 1. The normalized spacial score (nSPS) is 10.7. The number of carbonyl (C=O) groups is 1. The van der Waals surface area contributed by atoms with Crippen LogP contribution >= 0.6 is 11.3 Å². The zero-order valence-electron chi connectivity index (χ0n) is 20.5. The Morgan fingerprint density at radius 3 is 2.76 bits per heavy atom. The molecule has 0 aliphatic rings. The Hall–Kier alpha value is -4.83. The summed E-state index contributed by atoms with van der Waals surface area (Å²) >= 11 is 1.34. The monoisotopic (exact) mass is 525 g/mol. The Bertz CT molecular complexity index is 1570. The predicted octanol–water partition coefficient (Wildman–Crippen LogP) is 5.14. The van der Waals surface area contributed by atoms with Crippen LogP contribution in [0.5, 0.6) is 5.75 Å². The van der Waals surface area contributed by atoms with Gasteiger partial charge in [0.2, 0.25) is 5.13 Å². The molecular weight excluding hydrogens is 498 g/mol. The molecule has 0 atom stereocenters. The van der Waals surface area contributed by atoms with Crippen molar-refractivity contribution in [3.05, 3.63) is 95.5 Å². The number of nitrogens with two attached hydrogens (primary N) is 2. The molecule has 7 N–H and O–H groups in total. The topological polar surface area (TPSA) is 143 Å². The van der Waals surface area contributed by atoms with Crippen LogP contribution in [-0.4, -0.2) is 28.5 Å². The maximum absolute atomic E-state index is 12.5. The van der Waals surface area contributed by atoms with Crippen LogP contribution in [0.25, 0.3) is 22.2 Å². The number of hydrogen-bond acceptors (Lipinski definition) is 5. The van der Waals surface area contributed by atoms with Crippen LogP contribution < -0.4 is 26.8 Å². The maximum Gasteiger partial charge on any atom is 0.319 e. The van der Waals surface area contributed by atoms with Crippen LogP contribution in [0.3, 0.4) is 0 Å². The minimum atomic E-state index is -0.284. The molecule has 0 unspecified atom stereocenters. The minimum absolute atomic E-state index is 0.0394. The van der Waals surface area contributed by atoms with Crippen molar-refractivity contribution in [2.75, 3.05) is 11.9 Å². The molecule has 2 amide bonds. The molecule has 0 saturated heterocycles. The molecule has 10 heteroatoms. The van der Waals surface area contributed by atoms with E-state index < -0.39 is 0 Å². The number of H-pyrrole nitrogens is 1. The van der Waals surface area contributed by atoms with Gasteiger partial charge < -0.3 is 31.8 Å². The van der Waals surface area contributed by atoms with Gasteiger partial charge >= 0.3 is 6.03 Å². The zero-order valence-corrected chi connectivity index (χ0v) is 21.3. The van der Waals surface area contributed by atoms with Gasteiger partial charge in [-0.2, -0.15) is 4.99 Å².